The maximum atomic E-state index is 8.76. The Morgan fingerprint density at radius 2 is 2.44 bits per heavy atom. The fourth-order valence-corrected chi connectivity index (χ4v) is 2.05. The lowest BCUT2D eigenvalue weighted by Gasteiger charge is -2.29. The van der Waals surface area contributed by atoms with E-state index in [1.165, 1.54) is 0 Å². The van der Waals surface area contributed by atoms with E-state index in [1.54, 1.807) is 6.07 Å². The van der Waals surface area contributed by atoms with Crippen molar-refractivity contribution in [1.82, 2.24) is 10.3 Å². The van der Waals surface area contributed by atoms with Gasteiger partial charge in [0.2, 0.25) is 0 Å². The molecule has 1 saturated heterocycles. The summed E-state index contributed by atoms with van der Waals surface area (Å²) in [4.78, 5) is 4.22. The van der Waals surface area contributed by atoms with Crippen molar-refractivity contribution in [1.29, 1.82) is 5.26 Å². The minimum absolute atomic E-state index is 0.456. The Labute approximate surface area is 95.7 Å². The van der Waals surface area contributed by atoms with Gasteiger partial charge >= 0.3 is 0 Å². The Morgan fingerprint density at radius 1 is 1.56 bits per heavy atom. The average Bonchev–Trinajstić information content (AvgIpc) is 2.29. The number of nitrogens with one attached hydrogen (secondary N) is 2. The van der Waals surface area contributed by atoms with E-state index in [1.807, 2.05) is 18.2 Å². The van der Waals surface area contributed by atoms with E-state index in [0.29, 0.717) is 17.8 Å². The van der Waals surface area contributed by atoms with Crippen LogP contribution < -0.4 is 10.6 Å². The van der Waals surface area contributed by atoms with Crippen molar-refractivity contribution in [2.75, 3.05) is 11.9 Å². The second-order valence-corrected chi connectivity index (χ2v) is 4.24. The zero-order chi connectivity index (χ0) is 11.4. The van der Waals surface area contributed by atoms with E-state index in [0.717, 1.165) is 25.2 Å². The number of aromatic nitrogens is 1. The lowest BCUT2D eigenvalue weighted by atomic mass is 10.0. The summed E-state index contributed by atoms with van der Waals surface area (Å²) in [5.41, 5.74) is 0.465. The summed E-state index contributed by atoms with van der Waals surface area (Å²) in [6.45, 7) is 3.23. The summed E-state index contributed by atoms with van der Waals surface area (Å²) in [6, 6.07) is 8.54. The van der Waals surface area contributed by atoms with E-state index >= 15 is 0 Å². The Hall–Kier alpha value is -1.60. The topological polar surface area (TPSA) is 60.7 Å². The molecule has 0 radical (unpaired) electrons. The molecule has 1 aromatic rings. The van der Waals surface area contributed by atoms with Crippen LogP contribution in [0.2, 0.25) is 0 Å². The van der Waals surface area contributed by atoms with Crippen LogP contribution in [0.25, 0.3) is 0 Å². The third-order valence-corrected chi connectivity index (χ3v) is 2.84. The standard InChI is InChI=1S/C12H16N4/c1-9-7-10(5-6-14-9)15-12-4-2-3-11(8-13)16-12/h2-4,9-10,14H,5-7H2,1H3,(H,15,16). The quantitative estimate of drug-likeness (QED) is 0.786. The second-order valence-electron chi connectivity index (χ2n) is 4.24. The van der Waals surface area contributed by atoms with Crippen molar-refractivity contribution >= 4 is 5.82 Å². The maximum absolute atomic E-state index is 8.76. The lowest BCUT2D eigenvalue weighted by molar-refractivity contribution is 0.396. The lowest BCUT2D eigenvalue weighted by Crippen LogP contribution is -2.41. The minimum atomic E-state index is 0.456. The highest BCUT2D eigenvalue weighted by atomic mass is 15.0. The first-order valence-corrected chi connectivity index (χ1v) is 5.65. The van der Waals surface area contributed by atoms with Gasteiger partial charge in [0.1, 0.15) is 17.6 Å². The summed E-state index contributed by atoms with van der Waals surface area (Å²) >= 11 is 0. The van der Waals surface area contributed by atoms with Crippen LogP contribution in [0.3, 0.4) is 0 Å². The predicted octanol–water partition coefficient (Wildman–Crippen LogP) is 1.51. The van der Waals surface area contributed by atoms with Crippen LogP contribution in [-0.2, 0) is 0 Å². The highest BCUT2D eigenvalue weighted by Gasteiger charge is 2.18. The highest BCUT2D eigenvalue weighted by molar-refractivity contribution is 5.39. The first kappa shape index (κ1) is 10.9. The normalized spacial score (nSPS) is 24.8. The van der Waals surface area contributed by atoms with Crippen LogP contribution in [0, 0.1) is 11.3 Å². The summed E-state index contributed by atoms with van der Waals surface area (Å²) in [5.74, 6) is 0.804. The van der Waals surface area contributed by atoms with E-state index in [2.05, 4.69) is 22.5 Å². The Kier molecular flexibility index (Phi) is 3.37. The fourth-order valence-electron chi connectivity index (χ4n) is 2.05. The van der Waals surface area contributed by atoms with E-state index < -0.39 is 0 Å². The monoisotopic (exact) mass is 216 g/mol. The molecular formula is C12H16N4. The van der Waals surface area contributed by atoms with E-state index in [-0.39, 0.29) is 0 Å². The van der Waals surface area contributed by atoms with Crippen LogP contribution in [0.1, 0.15) is 25.5 Å². The molecule has 0 amide bonds. The van der Waals surface area contributed by atoms with Crippen molar-refractivity contribution in [2.24, 2.45) is 0 Å². The number of hydrogen-bond donors (Lipinski definition) is 2. The summed E-state index contributed by atoms with van der Waals surface area (Å²) < 4.78 is 0. The van der Waals surface area contributed by atoms with E-state index in [4.69, 9.17) is 5.26 Å². The number of nitriles is 1. The van der Waals surface area contributed by atoms with Gasteiger partial charge in [-0.1, -0.05) is 6.07 Å². The molecule has 1 aliphatic rings. The van der Waals surface area contributed by atoms with Crippen LogP contribution >= 0.6 is 0 Å². The number of hydrogen-bond acceptors (Lipinski definition) is 4. The van der Waals surface area contributed by atoms with Gasteiger partial charge in [-0.25, -0.2) is 4.98 Å². The van der Waals surface area contributed by atoms with Crippen molar-refractivity contribution in [3.8, 4) is 6.07 Å². The van der Waals surface area contributed by atoms with Crippen molar-refractivity contribution in [3.05, 3.63) is 23.9 Å². The first-order valence-electron chi connectivity index (χ1n) is 5.65. The Bertz CT molecular complexity index is 396. The summed E-state index contributed by atoms with van der Waals surface area (Å²) in [6.07, 6.45) is 2.20. The molecule has 0 bridgehead atoms. The number of rotatable bonds is 2. The van der Waals surface area contributed by atoms with Crippen LogP contribution in [0.15, 0.2) is 18.2 Å². The second kappa shape index (κ2) is 4.95. The molecule has 0 aliphatic carbocycles. The van der Waals surface area contributed by atoms with Gasteiger partial charge in [0, 0.05) is 12.1 Å². The van der Waals surface area contributed by atoms with Crippen LogP contribution in [0.5, 0.6) is 0 Å². The predicted molar refractivity (Wildman–Crippen MR) is 63.1 cm³/mol. The molecule has 1 aromatic heterocycles. The van der Waals surface area contributed by atoms with Crippen molar-refractivity contribution < 1.29 is 0 Å². The third-order valence-electron chi connectivity index (χ3n) is 2.84. The Balaban J connectivity index is 2.00. The van der Waals surface area contributed by atoms with Gasteiger partial charge in [0.25, 0.3) is 0 Å². The number of pyridine rings is 1. The SMILES string of the molecule is CC1CC(Nc2cccc(C#N)n2)CCN1. The van der Waals surface area contributed by atoms with Gasteiger partial charge in [-0.3, -0.25) is 0 Å². The molecule has 4 heteroatoms. The zero-order valence-electron chi connectivity index (χ0n) is 9.40. The fraction of sp³-hybridized carbons (Fsp3) is 0.500. The molecule has 1 aliphatic heterocycles. The van der Waals surface area contributed by atoms with Gasteiger partial charge in [-0.15, -0.1) is 0 Å². The van der Waals surface area contributed by atoms with E-state index in [9.17, 15) is 0 Å². The molecular weight excluding hydrogens is 200 g/mol. The maximum Gasteiger partial charge on any atom is 0.142 e. The molecule has 0 saturated carbocycles. The average molecular weight is 216 g/mol. The minimum Gasteiger partial charge on any atom is -0.367 e. The number of piperidine rings is 1. The molecule has 4 nitrogen and oxygen atoms in total. The smallest absolute Gasteiger partial charge is 0.142 e. The largest absolute Gasteiger partial charge is 0.367 e. The van der Waals surface area contributed by atoms with Gasteiger partial charge in [0.15, 0.2) is 0 Å². The molecule has 0 aromatic carbocycles. The van der Waals surface area contributed by atoms with Gasteiger partial charge < -0.3 is 10.6 Å². The van der Waals surface area contributed by atoms with Gasteiger partial charge in [-0.2, -0.15) is 5.26 Å². The molecule has 1 fully saturated rings. The van der Waals surface area contributed by atoms with Gasteiger partial charge in [-0.05, 0) is 38.4 Å². The number of anilines is 1. The van der Waals surface area contributed by atoms with Gasteiger partial charge in [0.05, 0.1) is 0 Å². The third kappa shape index (κ3) is 2.71. The van der Waals surface area contributed by atoms with Crippen molar-refractivity contribution in [2.45, 2.75) is 31.8 Å². The molecule has 16 heavy (non-hydrogen) atoms. The molecule has 2 rings (SSSR count). The summed E-state index contributed by atoms with van der Waals surface area (Å²) in [7, 11) is 0. The molecule has 2 N–H and O–H groups in total. The molecule has 2 heterocycles. The van der Waals surface area contributed by atoms with Crippen molar-refractivity contribution in [3.63, 3.8) is 0 Å². The summed E-state index contributed by atoms with van der Waals surface area (Å²) in [5, 5.41) is 15.6. The van der Waals surface area contributed by atoms with Crippen LogP contribution in [-0.4, -0.2) is 23.6 Å². The zero-order valence-corrected chi connectivity index (χ0v) is 9.40. The van der Waals surface area contributed by atoms with Crippen LogP contribution in [0.4, 0.5) is 5.82 Å². The molecule has 0 spiro atoms. The molecule has 2 unspecified atom stereocenters. The molecule has 84 valence electrons. The molecule has 2 atom stereocenters. The highest BCUT2D eigenvalue weighted by Crippen LogP contribution is 2.14. The first-order chi connectivity index (χ1) is 7.78. The Morgan fingerprint density at radius 3 is 3.19 bits per heavy atom. The number of nitrogens with zero attached hydrogens (tertiary/aromatic N) is 2.